The molecular weight excluding hydrogens is 240 g/mol. The van der Waals surface area contributed by atoms with Gasteiger partial charge in [-0.05, 0) is 12.8 Å². The van der Waals surface area contributed by atoms with E-state index in [0.29, 0.717) is 18.9 Å². The number of hydrogen-bond donors (Lipinski definition) is 4. The minimum absolute atomic E-state index is 0.0861. The normalized spacial score (nSPS) is 13.4. The molecule has 17 heavy (non-hydrogen) atoms. The summed E-state index contributed by atoms with van der Waals surface area (Å²) in [7, 11) is 2.07. The molecule has 0 rings (SSSR count). The van der Waals surface area contributed by atoms with E-state index in [2.05, 4.69) is 0 Å². The Labute approximate surface area is 103 Å². The van der Waals surface area contributed by atoms with Gasteiger partial charge in [-0.3, -0.25) is 10.8 Å². The summed E-state index contributed by atoms with van der Waals surface area (Å²) in [5, 5.41) is 14.7. The Kier molecular flexibility index (Phi) is 6.96. The van der Waals surface area contributed by atoms with Crippen LogP contribution in [-0.4, -0.2) is 41.8 Å². The van der Waals surface area contributed by atoms with Crippen LogP contribution in [0.1, 0.15) is 12.8 Å². The van der Waals surface area contributed by atoms with E-state index in [0.717, 1.165) is 0 Å². The predicted molar refractivity (Wildman–Crippen MR) is 68.1 cm³/mol. The van der Waals surface area contributed by atoms with Gasteiger partial charge in [0, 0.05) is 27.4 Å². The van der Waals surface area contributed by atoms with Crippen LogP contribution < -0.4 is 11.5 Å². The Morgan fingerprint density at radius 3 is 1.76 bits per heavy atom. The fourth-order valence-electron chi connectivity index (χ4n) is 1.56. The minimum atomic E-state index is -2.58. The second-order valence-corrected chi connectivity index (χ2v) is 6.74. The van der Waals surface area contributed by atoms with Gasteiger partial charge in [0.25, 0.3) is 0 Å². The summed E-state index contributed by atoms with van der Waals surface area (Å²) in [6.07, 6.45) is 1.20. The van der Waals surface area contributed by atoms with Gasteiger partial charge in [-0.25, -0.2) is 0 Å². The van der Waals surface area contributed by atoms with Gasteiger partial charge < -0.3 is 24.7 Å². The highest BCUT2D eigenvalue weighted by Crippen LogP contribution is 2.18. The van der Waals surface area contributed by atoms with Gasteiger partial charge >= 0.3 is 8.80 Å². The topological polar surface area (TPSA) is 127 Å². The molecule has 0 bridgehead atoms. The maximum atomic E-state index is 7.33. The van der Waals surface area contributed by atoms with E-state index >= 15 is 0 Å². The lowest BCUT2D eigenvalue weighted by molar-refractivity contribution is 0.122. The van der Waals surface area contributed by atoms with Gasteiger partial charge in [0.05, 0.1) is 5.92 Å². The second-order valence-electron chi connectivity index (χ2n) is 3.65. The van der Waals surface area contributed by atoms with Crippen molar-refractivity contribution in [3.8, 4) is 0 Å². The Hall–Kier alpha value is -0.963. The van der Waals surface area contributed by atoms with Crippen molar-refractivity contribution in [3.05, 3.63) is 0 Å². The first-order valence-electron chi connectivity index (χ1n) is 5.25. The maximum Gasteiger partial charge on any atom is 0.500 e. The molecule has 0 aliphatic heterocycles. The summed E-state index contributed by atoms with van der Waals surface area (Å²) < 4.78 is 15.8. The molecule has 0 amide bonds. The van der Waals surface area contributed by atoms with Crippen LogP contribution in [0.15, 0.2) is 0 Å². The van der Waals surface area contributed by atoms with Crippen LogP contribution in [-0.2, 0) is 13.3 Å². The lowest BCUT2D eigenvalue weighted by Gasteiger charge is -2.24. The Morgan fingerprint density at radius 1 is 1.06 bits per heavy atom. The molecule has 6 N–H and O–H groups in total. The van der Waals surface area contributed by atoms with E-state index in [-0.39, 0.29) is 11.7 Å². The van der Waals surface area contributed by atoms with Crippen LogP contribution in [0.25, 0.3) is 0 Å². The summed E-state index contributed by atoms with van der Waals surface area (Å²) in [5.41, 5.74) is 10.7. The number of rotatable bonds is 9. The molecule has 0 fully saturated rings. The number of nitrogens with two attached hydrogens (primary N) is 2. The van der Waals surface area contributed by atoms with Crippen molar-refractivity contribution in [3.63, 3.8) is 0 Å². The van der Waals surface area contributed by atoms with Crippen LogP contribution in [0.2, 0.25) is 6.04 Å². The maximum absolute atomic E-state index is 7.33. The van der Waals surface area contributed by atoms with E-state index in [1.165, 1.54) is 0 Å². The van der Waals surface area contributed by atoms with Crippen molar-refractivity contribution in [1.82, 2.24) is 0 Å². The van der Waals surface area contributed by atoms with Crippen molar-refractivity contribution in [2.24, 2.45) is 17.4 Å². The first-order valence-corrected chi connectivity index (χ1v) is 7.19. The zero-order chi connectivity index (χ0) is 13.5. The van der Waals surface area contributed by atoms with Crippen LogP contribution >= 0.6 is 0 Å². The van der Waals surface area contributed by atoms with Crippen molar-refractivity contribution >= 4 is 20.5 Å². The third-order valence-corrected chi connectivity index (χ3v) is 5.49. The van der Waals surface area contributed by atoms with Crippen LogP contribution in [0.4, 0.5) is 0 Å². The van der Waals surface area contributed by atoms with Gasteiger partial charge in [-0.15, -0.1) is 0 Å². The lowest BCUT2D eigenvalue weighted by atomic mass is 10.0. The van der Waals surface area contributed by atoms with E-state index in [1.807, 2.05) is 0 Å². The van der Waals surface area contributed by atoms with Gasteiger partial charge in [-0.2, -0.15) is 0 Å². The average molecular weight is 262 g/mol. The second kappa shape index (κ2) is 7.38. The molecule has 8 heteroatoms. The highest BCUT2D eigenvalue weighted by atomic mass is 28.4. The molecule has 7 nitrogen and oxygen atoms in total. The predicted octanol–water partition coefficient (Wildman–Crippen LogP) is 0.133. The fourth-order valence-corrected chi connectivity index (χ4v) is 3.31. The molecule has 0 aromatic heterocycles. The number of hydrogen-bond acceptors (Lipinski definition) is 5. The van der Waals surface area contributed by atoms with E-state index in [9.17, 15) is 0 Å². The zero-order valence-corrected chi connectivity index (χ0v) is 11.6. The molecule has 0 spiro atoms. The third-order valence-electron chi connectivity index (χ3n) is 2.66. The summed E-state index contributed by atoms with van der Waals surface area (Å²) in [6.45, 7) is 0. The lowest BCUT2D eigenvalue weighted by Crippen LogP contribution is -2.43. The molecule has 0 aliphatic rings. The van der Waals surface area contributed by atoms with Crippen LogP contribution in [0, 0.1) is 16.7 Å². The van der Waals surface area contributed by atoms with Crippen molar-refractivity contribution < 1.29 is 13.3 Å². The fraction of sp³-hybridized carbons (Fsp3) is 0.778. The molecule has 0 heterocycles. The Bertz CT molecular complexity index is 249. The molecule has 0 aromatic rings. The summed E-state index contributed by atoms with van der Waals surface area (Å²) in [4.78, 5) is 0. The van der Waals surface area contributed by atoms with E-state index < -0.39 is 14.7 Å². The molecule has 100 valence electrons. The molecule has 0 saturated heterocycles. The first kappa shape index (κ1) is 16.0. The van der Waals surface area contributed by atoms with Crippen molar-refractivity contribution in [2.75, 3.05) is 21.3 Å². The Balaban J connectivity index is 4.28. The quantitative estimate of drug-likeness (QED) is 0.267. The SMILES string of the molecule is CO[Si](CCCC(C(=N)N)C(=N)N)(OC)OC. The Morgan fingerprint density at radius 2 is 1.47 bits per heavy atom. The molecule has 0 aliphatic carbocycles. The smallest absolute Gasteiger partial charge is 0.387 e. The largest absolute Gasteiger partial charge is 0.500 e. The third kappa shape index (κ3) is 4.82. The molecule has 0 saturated carbocycles. The summed E-state index contributed by atoms with van der Waals surface area (Å²) >= 11 is 0. The standard InChI is InChI=1S/C9H22N4O3Si/c1-14-17(15-2,16-3)6-4-5-7(8(10)11)9(12)13/h7H,4-6H2,1-3H3,(H3,10,11)(H3,12,13). The molecule has 0 radical (unpaired) electrons. The van der Waals surface area contributed by atoms with Gasteiger partial charge in [0.2, 0.25) is 0 Å². The van der Waals surface area contributed by atoms with Gasteiger partial charge in [-0.1, -0.05) is 0 Å². The average Bonchev–Trinajstić information content (AvgIpc) is 2.29. The van der Waals surface area contributed by atoms with Gasteiger partial charge in [0.1, 0.15) is 11.7 Å². The van der Waals surface area contributed by atoms with Crippen molar-refractivity contribution in [1.29, 1.82) is 10.8 Å². The van der Waals surface area contributed by atoms with E-state index in [4.69, 9.17) is 35.6 Å². The number of nitrogens with one attached hydrogen (secondary N) is 2. The summed E-state index contributed by atoms with van der Waals surface area (Å²) in [5.74, 6) is -0.679. The van der Waals surface area contributed by atoms with Crippen LogP contribution in [0.3, 0.4) is 0 Å². The van der Waals surface area contributed by atoms with E-state index in [1.54, 1.807) is 21.3 Å². The highest BCUT2D eigenvalue weighted by molar-refractivity contribution is 6.60. The monoisotopic (exact) mass is 262 g/mol. The van der Waals surface area contributed by atoms with Gasteiger partial charge in [0.15, 0.2) is 0 Å². The summed E-state index contributed by atoms with van der Waals surface area (Å²) in [6, 6.07) is 0.605. The zero-order valence-electron chi connectivity index (χ0n) is 10.6. The molecule has 0 aromatic carbocycles. The first-order chi connectivity index (χ1) is 7.92. The number of amidine groups is 2. The minimum Gasteiger partial charge on any atom is -0.387 e. The van der Waals surface area contributed by atoms with Crippen molar-refractivity contribution in [2.45, 2.75) is 18.9 Å². The van der Waals surface area contributed by atoms with Crippen LogP contribution in [0.5, 0.6) is 0 Å². The molecular formula is C9H22N4O3Si. The molecule has 0 atom stereocenters. The molecule has 0 unspecified atom stereocenters. The highest BCUT2D eigenvalue weighted by Gasteiger charge is 2.37.